The predicted molar refractivity (Wildman–Crippen MR) is 90.1 cm³/mol. The maximum absolute atomic E-state index is 13.9. The zero-order valence-corrected chi connectivity index (χ0v) is 14.0. The highest BCUT2D eigenvalue weighted by Gasteiger charge is 2.27. The van der Waals surface area contributed by atoms with Crippen molar-refractivity contribution < 1.29 is 22.8 Å². The third kappa shape index (κ3) is 3.83. The average Bonchev–Trinajstić information content (AvgIpc) is 2.56. The van der Waals surface area contributed by atoms with Gasteiger partial charge in [-0.15, -0.1) is 0 Å². The summed E-state index contributed by atoms with van der Waals surface area (Å²) in [5, 5.41) is 21.1. The van der Waals surface area contributed by atoms with Crippen LogP contribution in [0.15, 0.2) is 60.0 Å². The molecule has 0 fully saturated rings. The smallest absolute Gasteiger partial charge is 0.289 e. The summed E-state index contributed by atoms with van der Waals surface area (Å²) < 4.78 is 41.0. The molecular weight excluding hydrogens is 351 g/mol. The number of sulfonamides is 1. The molecule has 132 valence electrons. The lowest BCUT2D eigenvalue weighted by Crippen LogP contribution is -2.20. The van der Waals surface area contributed by atoms with Crippen molar-refractivity contribution in [3.63, 3.8) is 0 Å². The monoisotopic (exact) mass is 366 g/mol. The maximum Gasteiger partial charge on any atom is 0.289 e. The fourth-order valence-corrected chi connectivity index (χ4v) is 3.35. The van der Waals surface area contributed by atoms with Gasteiger partial charge >= 0.3 is 0 Å². The summed E-state index contributed by atoms with van der Waals surface area (Å²) in [5.41, 5.74) is -2.55. The van der Waals surface area contributed by atoms with Crippen LogP contribution in [-0.2, 0) is 15.6 Å². The van der Waals surface area contributed by atoms with Crippen LogP contribution < -0.4 is 4.72 Å². The van der Waals surface area contributed by atoms with Crippen LogP contribution in [0.3, 0.4) is 0 Å². The van der Waals surface area contributed by atoms with Crippen molar-refractivity contribution in [2.45, 2.75) is 17.4 Å². The van der Waals surface area contributed by atoms with Gasteiger partial charge in [0.1, 0.15) is 11.4 Å². The minimum atomic E-state index is -4.29. The summed E-state index contributed by atoms with van der Waals surface area (Å²) in [5.74, 6) is -0.751. The van der Waals surface area contributed by atoms with Gasteiger partial charge in [-0.2, -0.15) is 0 Å². The van der Waals surface area contributed by atoms with Crippen LogP contribution in [0.2, 0.25) is 0 Å². The van der Waals surface area contributed by atoms with Gasteiger partial charge in [-0.3, -0.25) is 14.8 Å². The van der Waals surface area contributed by atoms with Gasteiger partial charge in [0.05, 0.1) is 4.92 Å². The van der Waals surface area contributed by atoms with Gasteiger partial charge in [0.2, 0.25) is 0 Å². The Bertz CT molecular complexity index is 941. The highest BCUT2D eigenvalue weighted by Crippen LogP contribution is 2.29. The first-order chi connectivity index (χ1) is 11.6. The summed E-state index contributed by atoms with van der Waals surface area (Å²) in [6, 6.07) is 8.06. The number of anilines is 1. The van der Waals surface area contributed by atoms with Crippen molar-refractivity contribution in [3.8, 4) is 0 Å². The molecule has 2 N–H and O–H groups in total. The number of benzene rings is 2. The molecule has 0 bridgehead atoms. The molecule has 0 heterocycles. The summed E-state index contributed by atoms with van der Waals surface area (Å²) in [4.78, 5) is 9.67. The second kappa shape index (κ2) is 6.61. The van der Waals surface area contributed by atoms with Crippen LogP contribution >= 0.6 is 0 Å². The molecule has 0 aliphatic rings. The molecule has 0 aromatic heterocycles. The van der Waals surface area contributed by atoms with Crippen molar-refractivity contribution in [2.75, 3.05) is 4.72 Å². The number of hydrogen-bond acceptors (Lipinski definition) is 5. The zero-order chi connectivity index (χ0) is 18.8. The second-order valence-electron chi connectivity index (χ2n) is 5.38. The summed E-state index contributed by atoms with van der Waals surface area (Å²) in [6.45, 7) is 4.69. The number of hydrogen-bond donors (Lipinski definition) is 2. The van der Waals surface area contributed by atoms with E-state index in [9.17, 15) is 28.0 Å². The lowest BCUT2D eigenvalue weighted by molar-refractivity contribution is -0.387. The molecular formula is C16H15FN2O5S. The number of nitro groups is 1. The zero-order valence-electron chi connectivity index (χ0n) is 13.1. The molecule has 2 rings (SSSR count). The van der Waals surface area contributed by atoms with E-state index in [1.807, 2.05) is 0 Å². The van der Waals surface area contributed by atoms with Crippen LogP contribution in [0, 0.1) is 15.9 Å². The lowest BCUT2D eigenvalue weighted by Gasteiger charge is -2.20. The molecule has 25 heavy (non-hydrogen) atoms. The molecule has 0 saturated carbocycles. The molecule has 0 saturated heterocycles. The molecule has 0 amide bonds. The fourth-order valence-electron chi connectivity index (χ4n) is 2.13. The fraction of sp³-hybridized carbons (Fsp3) is 0.125. The Balaban J connectivity index is 2.48. The van der Waals surface area contributed by atoms with E-state index in [4.69, 9.17) is 0 Å². The number of nitro benzene ring substituents is 1. The Morgan fingerprint density at radius 3 is 2.56 bits per heavy atom. The molecule has 9 heteroatoms. The van der Waals surface area contributed by atoms with Crippen LogP contribution in [0.4, 0.5) is 15.8 Å². The summed E-state index contributed by atoms with van der Waals surface area (Å²) in [7, 11) is -4.29. The van der Waals surface area contributed by atoms with Crippen molar-refractivity contribution in [3.05, 3.63) is 76.6 Å². The van der Waals surface area contributed by atoms with Crippen molar-refractivity contribution >= 4 is 21.4 Å². The van der Waals surface area contributed by atoms with Gasteiger partial charge < -0.3 is 5.11 Å². The first-order valence-electron chi connectivity index (χ1n) is 7.01. The number of rotatable bonds is 6. The van der Waals surface area contributed by atoms with E-state index in [-0.39, 0.29) is 11.3 Å². The molecule has 0 aliphatic heterocycles. The van der Waals surface area contributed by atoms with Gasteiger partial charge in [0, 0.05) is 17.3 Å². The number of para-hydroxylation sites is 1. The maximum atomic E-state index is 13.9. The molecule has 2 aromatic carbocycles. The molecule has 0 radical (unpaired) electrons. The van der Waals surface area contributed by atoms with Gasteiger partial charge in [-0.05, 0) is 31.2 Å². The van der Waals surface area contributed by atoms with Gasteiger partial charge in [0.25, 0.3) is 15.7 Å². The minimum absolute atomic E-state index is 0.0586. The SMILES string of the molecule is C=CC(C)(O)c1cc(NS(=O)(=O)c2ccccc2[N+](=O)[O-])ccc1F. The normalized spacial score (nSPS) is 13.7. The average molecular weight is 366 g/mol. The number of nitrogens with one attached hydrogen (secondary N) is 1. The standard InChI is InChI=1S/C16H15FN2O5S/c1-3-16(2,20)12-10-11(8-9-13(12)17)18-25(23,24)15-7-5-4-6-14(15)19(21)22/h3-10,18,20H,1H2,2H3. The van der Waals surface area contributed by atoms with E-state index >= 15 is 0 Å². The Morgan fingerprint density at radius 1 is 1.32 bits per heavy atom. The van der Waals surface area contributed by atoms with Crippen molar-refractivity contribution in [1.82, 2.24) is 0 Å². The number of halogens is 1. The van der Waals surface area contributed by atoms with Crippen molar-refractivity contribution in [2.24, 2.45) is 0 Å². The van der Waals surface area contributed by atoms with E-state index in [1.54, 1.807) is 0 Å². The number of aliphatic hydroxyl groups is 1. The Labute approximate surface area is 143 Å². The largest absolute Gasteiger partial charge is 0.381 e. The van der Waals surface area contributed by atoms with E-state index in [0.29, 0.717) is 0 Å². The molecule has 2 aromatic rings. The topological polar surface area (TPSA) is 110 Å². The summed E-state index contributed by atoms with van der Waals surface area (Å²) >= 11 is 0. The minimum Gasteiger partial charge on any atom is -0.381 e. The van der Waals surface area contributed by atoms with E-state index in [1.165, 1.54) is 19.1 Å². The van der Waals surface area contributed by atoms with E-state index < -0.39 is 36.9 Å². The van der Waals surface area contributed by atoms with Crippen molar-refractivity contribution in [1.29, 1.82) is 0 Å². The third-order valence-electron chi connectivity index (χ3n) is 3.51. The van der Waals surface area contributed by atoms with Gasteiger partial charge in [0.15, 0.2) is 4.90 Å². The third-order valence-corrected chi connectivity index (χ3v) is 4.94. The van der Waals surface area contributed by atoms with Crippen LogP contribution in [0.5, 0.6) is 0 Å². The second-order valence-corrected chi connectivity index (χ2v) is 7.03. The first-order valence-corrected chi connectivity index (χ1v) is 8.49. The van der Waals surface area contributed by atoms with E-state index in [0.717, 1.165) is 36.4 Å². The molecule has 1 atom stereocenters. The van der Waals surface area contributed by atoms with Gasteiger partial charge in [-0.1, -0.05) is 24.8 Å². The predicted octanol–water partition coefficient (Wildman–Crippen LogP) is 2.93. The Kier molecular flexibility index (Phi) is 4.91. The molecule has 0 aliphatic carbocycles. The van der Waals surface area contributed by atoms with E-state index in [2.05, 4.69) is 11.3 Å². The Hall–Kier alpha value is -2.78. The van der Waals surface area contributed by atoms with Crippen LogP contribution in [-0.4, -0.2) is 18.4 Å². The molecule has 7 nitrogen and oxygen atoms in total. The molecule has 1 unspecified atom stereocenters. The van der Waals surface area contributed by atoms with Gasteiger partial charge in [-0.25, -0.2) is 12.8 Å². The first kappa shape index (κ1) is 18.6. The Morgan fingerprint density at radius 2 is 1.96 bits per heavy atom. The molecule has 0 spiro atoms. The highest BCUT2D eigenvalue weighted by atomic mass is 32.2. The number of nitrogens with zero attached hydrogens (tertiary/aromatic N) is 1. The quantitative estimate of drug-likeness (QED) is 0.464. The summed E-state index contributed by atoms with van der Waals surface area (Å²) in [6.07, 6.45) is 1.10. The van der Waals surface area contributed by atoms with Crippen LogP contribution in [0.25, 0.3) is 0 Å². The lowest BCUT2D eigenvalue weighted by atomic mass is 9.95. The highest BCUT2D eigenvalue weighted by molar-refractivity contribution is 7.92. The van der Waals surface area contributed by atoms with Crippen LogP contribution in [0.1, 0.15) is 12.5 Å².